The van der Waals surface area contributed by atoms with Gasteiger partial charge in [0, 0.05) is 11.1 Å². The van der Waals surface area contributed by atoms with Gasteiger partial charge >= 0.3 is 5.97 Å². The third kappa shape index (κ3) is 3.56. The minimum absolute atomic E-state index is 0.161. The van der Waals surface area contributed by atoms with E-state index in [9.17, 15) is 9.59 Å². The van der Waals surface area contributed by atoms with Crippen LogP contribution in [-0.4, -0.2) is 12.3 Å². The number of halogens is 1. The maximum atomic E-state index is 11.6. The average Bonchev–Trinajstić information content (AvgIpc) is 2.91. The normalized spacial score (nSPS) is 10.6. The third-order valence-electron chi connectivity index (χ3n) is 2.24. The highest BCUT2D eigenvalue weighted by Gasteiger charge is 2.07. The maximum absolute atomic E-state index is 11.6. The second-order valence-electron chi connectivity index (χ2n) is 3.57. The zero-order valence-corrected chi connectivity index (χ0v) is 10.5. The molecule has 2 rings (SSSR count). The summed E-state index contributed by atoms with van der Waals surface area (Å²) in [5.74, 6) is 0.0824. The Hall–Kier alpha value is -2.33. The number of hydrogen-bond acceptors (Lipinski definition) is 4. The Morgan fingerprint density at radius 1 is 1.32 bits per heavy atom. The summed E-state index contributed by atoms with van der Waals surface area (Å²) in [5, 5.41) is 0.396. The van der Waals surface area contributed by atoms with E-state index in [1.165, 1.54) is 36.6 Å². The summed E-state index contributed by atoms with van der Waals surface area (Å²) in [7, 11) is 0. The Bertz CT molecular complexity index is 614. The van der Waals surface area contributed by atoms with Crippen LogP contribution in [0.2, 0.25) is 5.02 Å². The number of furan rings is 1. The van der Waals surface area contributed by atoms with Crippen LogP contribution in [0.4, 0.5) is 0 Å². The number of aldehydes is 1. The zero-order chi connectivity index (χ0) is 13.7. The SMILES string of the molecule is O=Cc1cc(Cl)ccc1OC(=O)/C=C/c1ccco1. The van der Waals surface area contributed by atoms with Crippen LogP contribution in [-0.2, 0) is 4.79 Å². The van der Waals surface area contributed by atoms with Gasteiger partial charge in [-0.25, -0.2) is 4.79 Å². The van der Waals surface area contributed by atoms with Crippen LogP contribution in [0.3, 0.4) is 0 Å². The number of benzene rings is 1. The summed E-state index contributed by atoms with van der Waals surface area (Å²) in [6.07, 6.45) is 4.75. The van der Waals surface area contributed by atoms with Gasteiger partial charge in [0.1, 0.15) is 11.5 Å². The monoisotopic (exact) mass is 276 g/mol. The number of ether oxygens (including phenoxy) is 1. The summed E-state index contributed by atoms with van der Waals surface area (Å²) in [4.78, 5) is 22.4. The van der Waals surface area contributed by atoms with E-state index in [-0.39, 0.29) is 11.3 Å². The second kappa shape index (κ2) is 6.02. The van der Waals surface area contributed by atoms with Crippen molar-refractivity contribution in [1.29, 1.82) is 0 Å². The summed E-state index contributed by atoms with van der Waals surface area (Å²) in [5.41, 5.74) is 0.215. The van der Waals surface area contributed by atoms with Crippen LogP contribution in [0.15, 0.2) is 47.1 Å². The molecule has 96 valence electrons. The smallest absolute Gasteiger partial charge is 0.336 e. The molecule has 2 aromatic rings. The van der Waals surface area contributed by atoms with Gasteiger partial charge in [-0.2, -0.15) is 0 Å². The summed E-state index contributed by atoms with van der Waals surface area (Å²) >= 11 is 5.74. The van der Waals surface area contributed by atoms with Gasteiger partial charge in [-0.05, 0) is 36.4 Å². The molecule has 1 aromatic heterocycles. The van der Waals surface area contributed by atoms with E-state index in [1.54, 1.807) is 12.1 Å². The van der Waals surface area contributed by atoms with Gasteiger partial charge in [0.2, 0.25) is 0 Å². The number of rotatable bonds is 4. The van der Waals surface area contributed by atoms with Gasteiger partial charge in [0.25, 0.3) is 0 Å². The molecule has 0 saturated heterocycles. The Balaban J connectivity index is 2.09. The van der Waals surface area contributed by atoms with E-state index in [4.69, 9.17) is 20.8 Å². The van der Waals surface area contributed by atoms with Gasteiger partial charge in [-0.1, -0.05) is 11.6 Å². The fourth-order valence-corrected chi connectivity index (χ4v) is 1.56. The van der Waals surface area contributed by atoms with Crippen LogP contribution in [0, 0.1) is 0 Å². The van der Waals surface area contributed by atoms with Crippen molar-refractivity contribution in [3.05, 3.63) is 59.0 Å². The minimum atomic E-state index is -0.609. The molecule has 1 aromatic carbocycles. The van der Waals surface area contributed by atoms with Gasteiger partial charge in [0.15, 0.2) is 6.29 Å². The van der Waals surface area contributed by atoms with Crippen molar-refractivity contribution >= 4 is 29.9 Å². The lowest BCUT2D eigenvalue weighted by Crippen LogP contribution is -2.05. The molecule has 0 aliphatic carbocycles. The van der Waals surface area contributed by atoms with E-state index < -0.39 is 5.97 Å². The topological polar surface area (TPSA) is 56.5 Å². The summed E-state index contributed by atoms with van der Waals surface area (Å²) in [6, 6.07) is 7.82. The molecule has 0 fully saturated rings. The Morgan fingerprint density at radius 3 is 2.84 bits per heavy atom. The average molecular weight is 277 g/mol. The summed E-state index contributed by atoms with van der Waals surface area (Å²) < 4.78 is 10.1. The molecule has 19 heavy (non-hydrogen) atoms. The molecule has 0 atom stereocenters. The highest BCUT2D eigenvalue weighted by Crippen LogP contribution is 2.21. The molecular formula is C14H9ClO4. The Labute approximate surface area is 114 Å². The molecular weight excluding hydrogens is 268 g/mol. The molecule has 5 heteroatoms. The highest BCUT2D eigenvalue weighted by molar-refractivity contribution is 6.30. The van der Waals surface area contributed by atoms with Crippen molar-refractivity contribution in [2.24, 2.45) is 0 Å². The number of carbonyl (C=O) groups excluding carboxylic acids is 2. The predicted molar refractivity (Wildman–Crippen MR) is 70.2 cm³/mol. The van der Waals surface area contributed by atoms with Crippen LogP contribution in [0.5, 0.6) is 5.75 Å². The molecule has 0 bridgehead atoms. The van der Waals surface area contributed by atoms with Crippen molar-refractivity contribution in [1.82, 2.24) is 0 Å². The first-order valence-corrected chi connectivity index (χ1v) is 5.75. The lowest BCUT2D eigenvalue weighted by atomic mass is 10.2. The predicted octanol–water partition coefficient (Wildman–Crippen LogP) is 3.36. The van der Waals surface area contributed by atoms with Crippen molar-refractivity contribution in [3.8, 4) is 5.75 Å². The van der Waals surface area contributed by atoms with E-state index in [0.717, 1.165) is 0 Å². The first-order chi connectivity index (χ1) is 9.19. The van der Waals surface area contributed by atoms with E-state index in [0.29, 0.717) is 17.1 Å². The second-order valence-corrected chi connectivity index (χ2v) is 4.01. The van der Waals surface area contributed by atoms with Gasteiger partial charge in [-0.3, -0.25) is 4.79 Å². The molecule has 0 unspecified atom stereocenters. The van der Waals surface area contributed by atoms with E-state index in [2.05, 4.69) is 0 Å². The van der Waals surface area contributed by atoms with Crippen LogP contribution in [0.1, 0.15) is 16.1 Å². The van der Waals surface area contributed by atoms with E-state index in [1.807, 2.05) is 0 Å². The van der Waals surface area contributed by atoms with Gasteiger partial charge in [0.05, 0.1) is 11.8 Å². The lowest BCUT2D eigenvalue weighted by Gasteiger charge is -2.04. The Morgan fingerprint density at radius 2 is 2.16 bits per heavy atom. The molecule has 0 amide bonds. The highest BCUT2D eigenvalue weighted by atomic mass is 35.5. The van der Waals surface area contributed by atoms with Crippen molar-refractivity contribution in [2.45, 2.75) is 0 Å². The van der Waals surface area contributed by atoms with Crippen LogP contribution in [0.25, 0.3) is 6.08 Å². The molecule has 0 saturated carbocycles. The first-order valence-electron chi connectivity index (χ1n) is 5.37. The van der Waals surface area contributed by atoms with Crippen LogP contribution >= 0.6 is 11.6 Å². The van der Waals surface area contributed by atoms with Crippen LogP contribution < -0.4 is 4.74 Å². The lowest BCUT2D eigenvalue weighted by molar-refractivity contribution is -0.128. The fourth-order valence-electron chi connectivity index (χ4n) is 1.38. The third-order valence-corrected chi connectivity index (χ3v) is 2.47. The molecule has 1 heterocycles. The van der Waals surface area contributed by atoms with Crippen molar-refractivity contribution in [2.75, 3.05) is 0 Å². The number of carbonyl (C=O) groups is 2. The number of esters is 1. The van der Waals surface area contributed by atoms with Crippen molar-refractivity contribution < 1.29 is 18.7 Å². The largest absolute Gasteiger partial charge is 0.465 e. The minimum Gasteiger partial charge on any atom is -0.465 e. The molecule has 0 aliphatic heterocycles. The number of hydrogen-bond donors (Lipinski definition) is 0. The van der Waals surface area contributed by atoms with Gasteiger partial charge < -0.3 is 9.15 Å². The molecule has 0 radical (unpaired) electrons. The first kappa shape index (κ1) is 13.1. The molecule has 0 spiro atoms. The standard InChI is InChI=1S/C14H9ClO4/c15-11-3-5-13(10(8-11)9-16)19-14(17)6-4-12-2-1-7-18-12/h1-9H/b6-4+. The van der Waals surface area contributed by atoms with E-state index >= 15 is 0 Å². The maximum Gasteiger partial charge on any atom is 0.336 e. The summed E-state index contributed by atoms with van der Waals surface area (Å²) in [6.45, 7) is 0. The molecule has 0 aliphatic rings. The zero-order valence-electron chi connectivity index (χ0n) is 9.71. The molecule has 4 nitrogen and oxygen atoms in total. The Kier molecular flexibility index (Phi) is 4.15. The fraction of sp³-hybridized carbons (Fsp3) is 0. The quantitative estimate of drug-likeness (QED) is 0.372. The van der Waals surface area contributed by atoms with Gasteiger partial charge in [-0.15, -0.1) is 0 Å². The molecule has 0 N–H and O–H groups in total. The van der Waals surface area contributed by atoms with Crippen molar-refractivity contribution in [3.63, 3.8) is 0 Å².